The molecule has 1 amide bonds. The standard InChI is InChI=1S/C20H18BrFN2O3/c1-3-10-27-20-17(21)11-15(12-18(20)26-2)13-23-24-19(25)9-6-14-4-7-16(22)8-5-14/h3-9,11-13H,1,10H2,2H3,(H,24,25)/b9-6+,23-13-. The first kappa shape index (κ1) is 20.4. The molecule has 0 fully saturated rings. The Bertz CT molecular complexity index is 864. The number of nitrogens with zero attached hydrogens (tertiary/aromatic N) is 1. The lowest BCUT2D eigenvalue weighted by Crippen LogP contribution is -2.14. The topological polar surface area (TPSA) is 59.9 Å². The maximum Gasteiger partial charge on any atom is 0.264 e. The van der Waals surface area contributed by atoms with Crippen molar-refractivity contribution in [2.24, 2.45) is 5.10 Å². The van der Waals surface area contributed by atoms with Crippen LogP contribution in [0.2, 0.25) is 0 Å². The van der Waals surface area contributed by atoms with Gasteiger partial charge in [0.05, 0.1) is 17.8 Å². The lowest BCUT2D eigenvalue weighted by Gasteiger charge is -2.12. The minimum absolute atomic E-state index is 0.330. The van der Waals surface area contributed by atoms with E-state index < -0.39 is 5.91 Å². The van der Waals surface area contributed by atoms with Crippen molar-refractivity contribution in [2.45, 2.75) is 0 Å². The fraction of sp³-hybridized carbons (Fsp3) is 0.100. The molecule has 0 unspecified atom stereocenters. The van der Waals surface area contributed by atoms with Crippen LogP contribution in [0.4, 0.5) is 4.39 Å². The van der Waals surface area contributed by atoms with Crippen molar-refractivity contribution in [3.05, 3.63) is 76.5 Å². The average Bonchev–Trinajstić information content (AvgIpc) is 2.66. The molecule has 5 nitrogen and oxygen atoms in total. The van der Waals surface area contributed by atoms with E-state index in [9.17, 15) is 9.18 Å². The highest BCUT2D eigenvalue weighted by molar-refractivity contribution is 9.10. The minimum atomic E-state index is -0.410. The van der Waals surface area contributed by atoms with Gasteiger partial charge in [-0.2, -0.15) is 5.10 Å². The Morgan fingerprint density at radius 1 is 1.30 bits per heavy atom. The summed E-state index contributed by atoms with van der Waals surface area (Å²) in [4.78, 5) is 11.8. The molecule has 0 aliphatic rings. The molecule has 27 heavy (non-hydrogen) atoms. The van der Waals surface area contributed by atoms with Gasteiger partial charge in [-0.15, -0.1) is 0 Å². The Balaban J connectivity index is 2.00. The first-order chi connectivity index (χ1) is 13.0. The fourth-order valence-electron chi connectivity index (χ4n) is 2.05. The molecule has 2 rings (SSSR count). The minimum Gasteiger partial charge on any atom is -0.493 e. The highest BCUT2D eigenvalue weighted by Crippen LogP contribution is 2.36. The zero-order valence-corrected chi connectivity index (χ0v) is 16.2. The zero-order chi connectivity index (χ0) is 19.6. The largest absolute Gasteiger partial charge is 0.493 e. The predicted octanol–water partition coefficient (Wildman–Crippen LogP) is 4.33. The molecule has 0 spiro atoms. The molecular weight excluding hydrogens is 415 g/mol. The van der Waals surface area contributed by atoms with Gasteiger partial charge in [-0.1, -0.05) is 24.8 Å². The quantitative estimate of drug-likeness (QED) is 0.292. The average molecular weight is 433 g/mol. The van der Waals surface area contributed by atoms with Gasteiger partial charge in [-0.25, -0.2) is 9.82 Å². The molecule has 0 heterocycles. The van der Waals surface area contributed by atoms with Crippen LogP contribution in [0.1, 0.15) is 11.1 Å². The summed E-state index contributed by atoms with van der Waals surface area (Å²) in [5.41, 5.74) is 3.80. The van der Waals surface area contributed by atoms with Crippen molar-refractivity contribution >= 4 is 34.1 Å². The van der Waals surface area contributed by atoms with Crippen LogP contribution in [0.5, 0.6) is 11.5 Å². The summed E-state index contributed by atoms with van der Waals surface area (Å²) in [5, 5.41) is 3.91. The first-order valence-corrected chi connectivity index (χ1v) is 8.70. The second kappa shape index (κ2) is 10.3. The van der Waals surface area contributed by atoms with Gasteiger partial charge in [0, 0.05) is 6.08 Å². The number of hydrazone groups is 1. The van der Waals surface area contributed by atoms with E-state index in [4.69, 9.17) is 9.47 Å². The second-order valence-electron chi connectivity index (χ2n) is 5.25. The summed E-state index contributed by atoms with van der Waals surface area (Å²) in [6, 6.07) is 9.30. The lowest BCUT2D eigenvalue weighted by atomic mass is 10.2. The van der Waals surface area contributed by atoms with Gasteiger partial charge in [0.2, 0.25) is 0 Å². The normalized spacial score (nSPS) is 10.9. The smallest absolute Gasteiger partial charge is 0.264 e. The van der Waals surface area contributed by atoms with Crippen LogP contribution < -0.4 is 14.9 Å². The SMILES string of the molecule is C=CCOc1c(Br)cc(/C=N\NC(=O)/C=C/c2ccc(F)cc2)cc1OC. The molecule has 2 aromatic carbocycles. The number of carbonyl (C=O) groups excluding carboxylic acids is 1. The monoisotopic (exact) mass is 432 g/mol. The number of halogens is 2. The molecule has 0 radical (unpaired) electrons. The third-order valence-electron chi connectivity index (χ3n) is 3.28. The van der Waals surface area contributed by atoms with Gasteiger partial charge in [0.15, 0.2) is 11.5 Å². The highest BCUT2D eigenvalue weighted by Gasteiger charge is 2.10. The predicted molar refractivity (Wildman–Crippen MR) is 108 cm³/mol. The molecule has 0 atom stereocenters. The lowest BCUT2D eigenvalue weighted by molar-refractivity contribution is -0.116. The van der Waals surface area contributed by atoms with Gasteiger partial charge in [0.25, 0.3) is 5.91 Å². The summed E-state index contributed by atoms with van der Waals surface area (Å²) in [6.07, 6.45) is 5.99. The van der Waals surface area contributed by atoms with Crippen LogP contribution in [0, 0.1) is 5.82 Å². The summed E-state index contributed by atoms with van der Waals surface area (Å²) in [5.74, 6) is 0.340. The molecule has 1 N–H and O–H groups in total. The van der Waals surface area contributed by atoms with E-state index in [1.54, 1.807) is 36.4 Å². The summed E-state index contributed by atoms with van der Waals surface area (Å²) in [6.45, 7) is 3.96. The molecule has 0 aromatic heterocycles. The summed E-state index contributed by atoms with van der Waals surface area (Å²) >= 11 is 3.42. The molecule has 7 heteroatoms. The molecule has 140 valence electrons. The number of methoxy groups -OCH3 is 1. The number of rotatable bonds is 8. The van der Waals surface area contributed by atoms with Crippen molar-refractivity contribution < 1.29 is 18.7 Å². The van der Waals surface area contributed by atoms with E-state index in [0.717, 1.165) is 0 Å². The van der Waals surface area contributed by atoms with Crippen LogP contribution in [-0.2, 0) is 4.79 Å². The van der Waals surface area contributed by atoms with E-state index in [1.807, 2.05) is 0 Å². The van der Waals surface area contributed by atoms with E-state index in [1.165, 1.54) is 31.5 Å². The Hall–Kier alpha value is -2.93. The van der Waals surface area contributed by atoms with E-state index in [-0.39, 0.29) is 5.82 Å². The van der Waals surface area contributed by atoms with Crippen molar-refractivity contribution in [2.75, 3.05) is 13.7 Å². The van der Waals surface area contributed by atoms with Gasteiger partial charge in [-0.05, 0) is 57.4 Å². The third kappa shape index (κ3) is 6.38. The van der Waals surface area contributed by atoms with Crippen LogP contribution in [-0.4, -0.2) is 25.8 Å². The fourth-order valence-corrected chi connectivity index (χ4v) is 2.62. The number of carbonyl (C=O) groups is 1. The maximum atomic E-state index is 12.8. The number of hydrogen-bond donors (Lipinski definition) is 1. The first-order valence-electron chi connectivity index (χ1n) is 7.91. The van der Waals surface area contributed by atoms with Gasteiger partial charge >= 0.3 is 0 Å². The van der Waals surface area contributed by atoms with Crippen molar-refractivity contribution in [1.82, 2.24) is 5.43 Å². The van der Waals surface area contributed by atoms with Gasteiger partial charge in [0.1, 0.15) is 12.4 Å². The molecule has 0 aliphatic heterocycles. The molecular formula is C20H18BrFN2O3. The van der Waals surface area contributed by atoms with Crippen LogP contribution >= 0.6 is 15.9 Å². The molecule has 0 bridgehead atoms. The van der Waals surface area contributed by atoms with Crippen LogP contribution in [0.15, 0.2) is 64.7 Å². The van der Waals surface area contributed by atoms with E-state index >= 15 is 0 Å². The van der Waals surface area contributed by atoms with Gasteiger partial charge < -0.3 is 9.47 Å². The number of amides is 1. The van der Waals surface area contributed by atoms with Crippen LogP contribution in [0.3, 0.4) is 0 Å². The molecule has 0 saturated heterocycles. The third-order valence-corrected chi connectivity index (χ3v) is 3.87. The number of nitrogens with one attached hydrogen (secondary N) is 1. The Morgan fingerprint density at radius 2 is 2.04 bits per heavy atom. The van der Waals surface area contributed by atoms with E-state index in [0.29, 0.717) is 33.7 Å². The molecule has 2 aromatic rings. The van der Waals surface area contributed by atoms with E-state index in [2.05, 4.69) is 33.0 Å². The van der Waals surface area contributed by atoms with Crippen molar-refractivity contribution in [3.63, 3.8) is 0 Å². The Morgan fingerprint density at radius 3 is 2.70 bits per heavy atom. The Labute approximate surface area is 165 Å². The number of benzene rings is 2. The van der Waals surface area contributed by atoms with Gasteiger partial charge in [-0.3, -0.25) is 4.79 Å². The summed E-state index contributed by atoms with van der Waals surface area (Å²) < 4.78 is 24.4. The molecule has 0 aliphatic carbocycles. The highest BCUT2D eigenvalue weighted by atomic mass is 79.9. The molecule has 0 saturated carbocycles. The van der Waals surface area contributed by atoms with Crippen LogP contribution in [0.25, 0.3) is 6.08 Å². The number of hydrogen-bond acceptors (Lipinski definition) is 4. The maximum absolute atomic E-state index is 12.8. The number of ether oxygens (including phenoxy) is 2. The Kier molecular flexibility index (Phi) is 7.76. The summed E-state index contributed by atoms with van der Waals surface area (Å²) in [7, 11) is 1.53. The zero-order valence-electron chi connectivity index (χ0n) is 14.6. The van der Waals surface area contributed by atoms with Crippen molar-refractivity contribution in [3.8, 4) is 11.5 Å². The second-order valence-corrected chi connectivity index (χ2v) is 6.11. The van der Waals surface area contributed by atoms with Crippen molar-refractivity contribution in [1.29, 1.82) is 0 Å².